The first-order valence-electron chi connectivity index (χ1n) is 9.82. The van der Waals surface area contributed by atoms with E-state index in [0.717, 1.165) is 30.0 Å². The third kappa shape index (κ3) is 4.39. The van der Waals surface area contributed by atoms with E-state index in [1.54, 1.807) is 23.4 Å². The fraction of sp³-hybridized carbons (Fsp3) is 0.400. The van der Waals surface area contributed by atoms with E-state index in [2.05, 4.69) is 32.3 Å². The van der Waals surface area contributed by atoms with Crippen LogP contribution >= 0.6 is 0 Å². The zero-order valence-electron chi connectivity index (χ0n) is 16.4. The number of carbonyl (C=O) groups is 1. The van der Waals surface area contributed by atoms with Crippen LogP contribution in [-0.4, -0.2) is 52.3 Å². The molecule has 1 N–H and O–H groups in total. The summed E-state index contributed by atoms with van der Waals surface area (Å²) >= 11 is 0. The zero-order chi connectivity index (χ0) is 20.1. The molecule has 9 nitrogen and oxygen atoms in total. The van der Waals surface area contributed by atoms with Crippen molar-refractivity contribution in [2.45, 2.75) is 26.3 Å². The zero-order valence-corrected chi connectivity index (χ0v) is 16.4. The summed E-state index contributed by atoms with van der Waals surface area (Å²) in [6.07, 6.45) is 5.06. The fourth-order valence-corrected chi connectivity index (χ4v) is 3.30. The summed E-state index contributed by atoms with van der Waals surface area (Å²) in [6.45, 7) is 5.01. The van der Waals surface area contributed by atoms with Crippen molar-refractivity contribution in [1.82, 2.24) is 25.4 Å². The minimum atomic E-state index is -0.0941. The lowest BCUT2D eigenvalue weighted by Crippen LogP contribution is -2.52. The van der Waals surface area contributed by atoms with Gasteiger partial charge in [-0.1, -0.05) is 6.92 Å². The number of hydrogen-bond donors (Lipinski definition) is 1. The molecular weight excluding hydrogens is 372 g/mol. The number of piperazine rings is 1. The van der Waals surface area contributed by atoms with Crippen molar-refractivity contribution < 1.29 is 13.6 Å². The summed E-state index contributed by atoms with van der Waals surface area (Å²) in [5.74, 6) is 2.65. The average molecular weight is 396 g/mol. The van der Waals surface area contributed by atoms with Gasteiger partial charge in [0.2, 0.25) is 5.89 Å². The fourth-order valence-electron chi connectivity index (χ4n) is 3.30. The minimum absolute atomic E-state index is 0.0941. The van der Waals surface area contributed by atoms with Gasteiger partial charge in [0.1, 0.15) is 11.6 Å². The van der Waals surface area contributed by atoms with E-state index in [-0.39, 0.29) is 6.03 Å². The number of amides is 2. The molecule has 0 aromatic carbocycles. The summed E-state index contributed by atoms with van der Waals surface area (Å²) in [5.41, 5.74) is 0.818. The van der Waals surface area contributed by atoms with Crippen LogP contribution in [0.15, 0.2) is 45.6 Å². The normalized spacial score (nSPS) is 14.2. The van der Waals surface area contributed by atoms with Gasteiger partial charge < -0.3 is 24.0 Å². The van der Waals surface area contributed by atoms with Gasteiger partial charge in [0.25, 0.3) is 5.89 Å². The van der Waals surface area contributed by atoms with Crippen LogP contribution in [0.3, 0.4) is 0 Å². The first kappa shape index (κ1) is 19.0. The summed E-state index contributed by atoms with van der Waals surface area (Å²) < 4.78 is 11.0. The maximum absolute atomic E-state index is 12.4. The monoisotopic (exact) mass is 396 g/mol. The van der Waals surface area contributed by atoms with Crippen LogP contribution in [0, 0.1) is 0 Å². The number of aromatic nitrogens is 3. The van der Waals surface area contributed by atoms with Gasteiger partial charge in [-0.3, -0.25) is 0 Å². The maximum Gasteiger partial charge on any atom is 0.317 e. The molecule has 1 aliphatic heterocycles. The van der Waals surface area contributed by atoms with Gasteiger partial charge in [-0.25, -0.2) is 9.78 Å². The van der Waals surface area contributed by atoms with Gasteiger partial charge in [0.15, 0.2) is 0 Å². The summed E-state index contributed by atoms with van der Waals surface area (Å²) in [5, 5.41) is 11.2. The van der Waals surface area contributed by atoms with Crippen molar-refractivity contribution in [3.8, 4) is 11.5 Å². The molecule has 29 heavy (non-hydrogen) atoms. The highest BCUT2D eigenvalue weighted by atomic mass is 16.4. The Morgan fingerprint density at radius 1 is 1.17 bits per heavy atom. The topological polar surface area (TPSA) is 101 Å². The van der Waals surface area contributed by atoms with Gasteiger partial charge in [-0.2, -0.15) is 0 Å². The van der Waals surface area contributed by atoms with E-state index in [1.165, 1.54) is 0 Å². The van der Waals surface area contributed by atoms with Gasteiger partial charge in [0, 0.05) is 38.8 Å². The van der Waals surface area contributed by atoms with E-state index in [1.807, 2.05) is 18.2 Å². The second-order valence-electron chi connectivity index (χ2n) is 6.84. The summed E-state index contributed by atoms with van der Waals surface area (Å²) in [4.78, 5) is 20.9. The lowest BCUT2D eigenvalue weighted by atomic mass is 10.2. The number of furan rings is 1. The Balaban J connectivity index is 1.39. The second kappa shape index (κ2) is 8.76. The SMILES string of the molecule is CCCc1nnc(-c2cccnc2N2CCN(C(=O)NCc3ccco3)CC2)o1. The predicted octanol–water partition coefficient (Wildman–Crippen LogP) is 2.71. The van der Waals surface area contributed by atoms with Crippen molar-refractivity contribution in [3.05, 3.63) is 48.4 Å². The standard InChI is InChI=1S/C20H24N6O3/c1-2-5-17-23-24-19(29-17)16-7-3-8-21-18(16)25-9-11-26(12-10-25)20(27)22-14-15-6-4-13-28-15/h3-4,6-8,13H,2,5,9-12,14H2,1H3,(H,22,27). The van der Waals surface area contributed by atoms with Gasteiger partial charge in [-0.05, 0) is 30.7 Å². The van der Waals surface area contributed by atoms with E-state index in [0.29, 0.717) is 44.5 Å². The summed E-state index contributed by atoms with van der Waals surface area (Å²) in [7, 11) is 0. The van der Waals surface area contributed by atoms with E-state index < -0.39 is 0 Å². The van der Waals surface area contributed by atoms with Crippen LogP contribution in [0.25, 0.3) is 11.5 Å². The summed E-state index contributed by atoms with van der Waals surface area (Å²) in [6, 6.07) is 7.35. The third-order valence-electron chi connectivity index (χ3n) is 4.81. The Morgan fingerprint density at radius 3 is 2.79 bits per heavy atom. The highest BCUT2D eigenvalue weighted by Crippen LogP contribution is 2.28. The van der Waals surface area contributed by atoms with E-state index in [4.69, 9.17) is 8.83 Å². The molecule has 4 rings (SSSR count). The number of nitrogens with zero attached hydrogens (tertiary/aromatic N) is 5. The molecule has 0 atom stereocenters. The maximum atomic E-state index is 12.4. The van der Waals surface area contributed by atoms with Crippen molar-refractivity contribution in [2.75, 3.05) is 31.1 Å². The molecule has 0 bridgehead atoms. The number of carbonyl (C=O) groups excluding carboxylic acids is 1. The molecule has 0 aliphatic carbocycles. The molecule has 1 aliphatic rings. The molecule has 2 amide bonds. The average Bonchev–Trinajstić information content (AvgIpc) is 3.45. The molecule has 0 unspecified atom stereocenters. The van der Waals surface area contributed by atoms with Crippen molar-refractivity contribution >= 4 is 11.8 Å². The Kier molecular flexibility index (Phi) is 5.73. The van der Waals surface area contributed by atoms with Crippen molar-refractivity contribution in [1.29, 1.82) is 0 Å². The number of aryl methyl sites for hydroxylation is 1. The minimum Gasteiger partial charge on any atom is -0.467 e. The van der Waals surface area contributed by atoms with Crippen LogP contribution in [-0.2, 0) is 13.0 Å². The Bertz CT molecular complexity index is 931. The largest absolute Gasteiger partial charge is 0.467 e. The van der Waals surface area contributed by atoms with Gasteiger partial charge in [0.05, 0.1) is 18.4 Å². The first-order valence-corrected chi connectivity index (χ1v) is 9.82. The van der Waals surface area contributed by atoms with Crippen LogP contribution in [0.4, 0.5) is 10.6 Å². The number of hydrogen-bond acceptors (Lipinski definition) is 7. The van der Waals surface area contributed by atoms with Crippen molar-refractivity contribution in [3.63, 3.8) is 0 Å². The Labute approximate surface area is 168 Å². The van der Waals surface area contributed by atoms with Crippen LogP contribution in [0.1, 0.15) is 25.0 Å². The van der Waals surface area contributed by atoms with Crippen LogP contribution in [0.2, 0.25) is 0 Å². The van der Waals surface area contributed by atoms with E-state index in [9.17, 15) is 4.79 Å². The molecule has 9 heteroatoms. The quantitative estimate of drug-likeness (QED) is 0.684. The second-order valence-corrected chi connectivity index (χ2v) is 6.84. The predicted molar refractivity (Wildman–Crippen MR) is 106 cm³/mol. The van der Waals surface area contributed by atoms with Gasteiger partial charge in [-0.15, -0.1) is 10.2 Å². The highest BCUT2D eigenvalue weighted by Gasteiger charge is 2.25. The number of anilines is 1. The molecule has 3 aromatic rings. The molecular formula is C20H24N6O3. The molecule has 0 radical (unpaired) electrons. The van der Waals surface area contributed by atoms with Gasteiger partial charge >= 0.3 is 6.03 Å². The first-order chi connectivity index (χ1) is 14.2. The molecule has 0 spiro atoms. The lowest BCUT2D eigenvalue weighted by Gasteiger charge is -2.35. The van der Waals surface area contributed by atoms with E-state index >= 15 is 0 Å². The highest BCUT2D eigenvalue weighted by molar-refractivity contribution is 5.75. The van der Waals surface area contributed by atoms with Crippen LogP contribution in [0.5, 0.6) is 0 Å². The number of rotatable bonds is 6. The lowest BCUT2D eigenvalue weighted by molar-refractivity contribution is 0.193. The number of urea groups is 1. The molecule has 152 valence electrons. The Morgan fingerprint density at radius 2 is 2.03 bits per heavy atom. The molecule has 0 saturated carbocycles. The number of nitrogens with one attached hydrogen (secondary N) is 1. The molecule has 3 aromatic heterocycles. The number of pyridine rings is 1. The smallest absolute Gasteiger partial charge is 0.317 e. The Hall–Kier alpha value is -3.36. The third-order valence-corrected chi connectivity index (χ3v) is 4.81. The molecule has 1 fully saturated rings. The van der Waals surface area contributed by atoms with Crippen molar-refractivity contribution in [2.24, 2.45) is 0 Å². The van der Waals surface area contributed by atoms with Crippen LogP contribution < -0.4 is 10.2 Å². The molecule has 4 heterocycles. The molecule has 1 saturated heterocycles.